The standard InChI is InChI=1S/C11H18N2O2S2/c1-8-7-16-11(13-8)17-9(2)10(14)12-5-4-6-15-3/h7,9H,4-6H2,1-3H3,(H,12,14). The van der Waals surface area contributed by atoms with E-state index in [0.29, 0.717) is 13.2 Å². The first-order valence-corrected chi connectivity index (χ1v) is 7.25. The van der Waals surface area contributed by atoms with Crippen LogP contribution in [0.5, 0.6) is 0 Å². The highest BCUT2D eigenvalue weighted by Gasteiger charge is 2.15. The van der Waals surface area contributed by atoms with Gasteiger partial charge in [-0.25, -0.2) is 4.98 Å². The monoisotopic (exact) mass is 274 g/mol. The number of amides is 1. The fourth-order valence-electron chi connectivity index (χ4n) is 1.16. The average Bonchev–Trinajstić information content (AvgIpc) is 2.70. The van der Waals surface area contributed by atoms with Gasteiger partial charge in [-0.05, 0) is 20.3 Å². The molecule has 0 saturated heterocycles. The van der Waals surface area contributed by atoms with Crippen molar-refractivity contribution in [1.29, 1.82) is 0 Å². The highest BCUT2D eigenvalue weighted by atomic mass is 32.2. The van der Waals surface area contributed by atoms with Gasteiger partial charge in [0.05, 0.1) is 5.25 Å². The molecule has 0 spiro atoms. The Hall–Kier alpha value is -0.590. The molecule has 1 heterocycles. The Morgan fingerprint density at radius 1 is 1.71 bits per heavy atom. The molecule has 17 heavy (non-hydrogen) atoms. The second kappa shape index (κ2) is 7.68. The number of thiazole rings is 1. The molecular formula is C11H18N2O2S2. The second-order valence-corrected chi connectivity index (χ2v) is 6.10. The fraction of sp³-hybridized carbons (Fsp3) is 0.636. The van der Waals surface area contributed by atoms with Crippen molar-refractivity contribution >= 4 is 29.0 Å². The quantitative estimate of drug-likeness (QED) is 0.611. The Balaban J connectivity index is 2.27. The number of hydrogen-bond acceptors (Lipinski definition) is 5. The minimum atomic E-state index is -0.108. The van der Waals surface area contributed by atoms with Gasteiger partial charge in [0.2, 0.25) is 5.91 Å². The van der Waals surface area contributed by atoms with E-state index in [9.17, 15) is 4.79 Å². The average molecular weight is 274 g/mol. The lowest BCUT2D eigenvalue weighted by Gasteiger charge is -2.09. The molecule has 0 radical (unpaired) electrons. The lowest BCUT2D eigenvalue weighted by molar-refractivity contribution is -0.120. The van der Waals surface area contributed by atoms with Crippen LogP contribution in [0.3, 0.4) is 0 Å². The number of methoxy groups -OCH3 is 1. The van der Waals surface area contributed by atoms with Gasteiger partial charge >= 0.3 is 0 Å². The third kappa shape index (κ3) is 5.52. The lowest BCUT2D eigenvalue weighted by atomic mass is 10.4. The van der Waals surface area contributed by atoms with Crippen molar-refractivity contribution in [1.82, 2.24) is 10.3 Å². The molecule has 0 aliphatic carbocycles. The normalized spacial score (nSPS) is 12.4. The van der Waals surface area contributed by atoms with Gasteiger partial charge in [-0.2, -0.15) is 0 Å². The van der Waals surface area contributed by atoms with Gasteiger partial charge in [0.1, 0.15) is 0 Å². The first kappa shape index (κ1) is 14.5. The smallest absolute Gasteiger partial charge is 0.233 e. The first-order chi connectivity index (χ1) is 8.13. The van der Waals surface area contributed by atoms with Gasteiger partial charge in [0, 0.05) is 31.3 Å². The van der Waals surface area contributed by atoms with E-state index >= 15 is 0 Å². The molecule has 4 nitrogen and oxygen atoms in total. The number of nitrogens with zero attached hydrogens (tertiary/aromatic N) is 1. The van der Waals surface area contributed by atoms with Crippen molar-refractivity contribution in [2.75, 3.05) is 20.3 Å². The molecule has 1 unspecified atom stereocenters. The Morgan fingerprint density at radius 3 is 3.06 bits per heavy atom. The summed E-state index contributed by atoms with van der Waals surface area (Å²) in [6, 6.07) is 0. The highest BCUT2D eigenvalue weighted by Crippen LogP contribution is 2.26. The molecule has 1 rings (SSSR count). The van der Waals surface area contributed by atoms with Crippen molar-refractivity contribution in [3.8, 4) is 0 Å². The summed E-state index contributed by atoms with van der Waals surface area (Å²) in [4.78, 5) is 16.0. The highest BCUT2D eigenvalue weighted by molar-refractivity contribution is 8.02. The van der Waals surface area contributed by atoms with Crippen molar-refractivity contribution in [3.05, 3.63) is 11.1 Å². The van der Waals surface area contributed by atoms with Crippen LogP contribution in [0.1, 0.15) is 19.0 Å². The maximum Gasteiger partial charge on any atom is 0.233 e. The summed E-state index contributed by atoms with van der Waals surface area (Å²) in [5, 5.41) is 4.76. The second-order valence-electron chi connectivity index (χ2n) is 3.65. The largest absolute Gasteiger partial charge is 0.385 e. The summed E-state index contributed by atoms with van der Waals surface area (Å²) in [5.41, 5.74) is 1.00. The number of ether oxygens (including phenoxy) is 1. The van der Waals surface area contributed by atoms with Gasteiger partial charge < -0.3 is 10.1 Å². The van der Waals surface area contributed by atoms with Crippen LogP contribution in [-0.4, -0.2) is 36.4 Å². The van der Waals surface area contributed by atoms with Crippen LogP contribution in [0.15, 0.2) is 9.72 Å². The fourth-order valence-corrected chi connectivity index (χ4v) is 3.17. The van der Waals surface area contributed by atoms with E-state index in [2.05, 4.69) is 10.3 Å². The van der Waals surface area contributed by atoms with Crippen LogP contribution in [0.25, 0.3) is 0 Å². The van der Waals surface area contributed by atoms with E-state index in [1.54, 1.807) is 18.4 Å². The summed E-state index contributed by atoms with van der Waals surface area (Å²) >= 11 is 3.08. The van der Waals surface area contributed by atoms with Gasteiger partial charge in [-0.15, -0.1) is 11.3 Å². The predicted octanol–water partition coefficient (Wildman–Crippen LogP) is 2.08. The third-order valence-corrected chi connectivity index (χ3v) is 4.26. The van der Waals surface area contributed by atoms with Crippen LogP contribution in [0.4, 0.5) is 0 Å². The van der Waals surface area contributed by atoms with E-state index in [-0.39, 0.29) is 11.2 Å². The van der Waals surface area contributed by atoms with E-state index in [1.165, 1.54) is 11.8 Å². The number of carbonyl (C=O) groups excluding carboxylic acids is 1. The van der Waals surface area contributed by atoms with Gasteiger partial charge in [-0.1, -0.05) is 11.8 Å². The molecule has 1 atom stereocenters. The first-order valence-electron chi connectivity index (χ1n) is 5.49. The van der Waals surface area contributed by atoms with Crippen molar-refractivity contribution < 1.29 is 9.53 Å². The molecule has 0 fully saturated rings. The number of carbonyl (C=O) groups is 1. The predicted molar refractivity (Wildman–Crippen MR) is 71.7 cm³/mol. The Labute approximate surface area is 110 Å². The van der Waals surface area contributed by atoms with Crippen LogP contribution in [0.2, 0.25) is 0 Å². The maximum absolute atomic E-state index is 11.7. The molecule has 0 aromatic carbocycles. The number of nitrogens with one attached hydrogen (secondary N) is 1. The SMILES string of the molecule is COCCCNC(=O)C(C)Sc1nc(C)cs1. The Bertz CT molecular complexity index is 355. The molecule has 1 amide bonds. The van der Waals surface area contributed by atoms with E-state index in [4.69, 9.17) is 4.74 Å². The number of thioether (sulfide) groups is 1. The summed E-state index contributed by atoms with van der Waals surface area (Å²) in [7, 11) is 1.66. The Kier molecular flexibility index (Phi) is 6.54. The van der Waals surface area contributed by atoms with Crippen molar-refractivity contribution in [2.45, 2.75) is 29.9 Å². The molecule has 1 aromatic rings. The minimum Gasteiger partial charge on any atom is -0.385 e. The number of aromatic nitrogens is 1. The van der Waals surface area contributed by atoms with Crippen molar-refractivity contribution in [3.63, 3.8) is 0 Å². The Morgan fingerprint density at radius 2 is 2.47 bits per heavy atom. The zero-order chi connectivity index (χ0) is 12.7. The topological polar surface area (TPSA) is 51.2 Å². The molecule has 0 aliphatic rings. The maximum atomic E-state index is 11.7. The molecule has 0 aliphatic heterocycles. The van der Waals surface area contributed by atoms with Crippen LogP contribution in [0, 0.1) is 6.92 Å². The number of rotatable bonds is 7. The molecule has 1 aromatic heterocycles. The molecule has 96 valence electrons. The summed E-state index contributed by atoms with van der Waals surface area (Å²) in [6.45, 7) is 5.19. The van der Waals surface area contributed by atoms with Gasteiger partial charge in [-0.3, -0.25) is 4.79 Å². The summed E-state index contributed by atoms with van der Waals surface area (Å²) < 4.78 is 5.86. The summed E-state index contributed by atoms with van der Waals surface area (Å²) in [6.07, 6.45) is 0.843. The molecular weight excluding hydrogens is 256 g/mol. The molecule has 0 saturated carbocycles. The van der Waals surface area contributed by atoms with Crippen molar-refractivity contribution in [2.24, 2.45) is 0 Å². The van der Waals surface area contributed by atoms with Gasteiger partial charge in [0.25, 0.3) is 0 Å². The van der Waals surface area contributed by atoms with E-state index < -0.39 is 0 Å². The number of aryl methyl sites for hydroxylation is 1. The third-order valence-electron chi connectivity index (χ3n) is 2.07. The van der Waals surface area contributed by atoms with Crippen LogP contribution in [-0.2, 0) is 9.53 Å². The number of hydrogen-bond donors (Lipinski definition) is 1. The zero-order valence-electron chi connectivity index (χ0n) is 10.4. The lowest BCUT2D eigenvalue weighted by Crippen LogP contribution is -2.32. The summed E-state index contributed by atoms with van der Waals surface area (Å²) in [5.74, 6) is 0.0546. The molecule has 6 heteroatoms. The van der Waals surface area contributed by atoms with E-state index in [0.717, 1.165) is 16.5 Å². The zero-order valence-corrected chi connectivity index (χ0v) is 12.0. The molecule has 1 N–H and O–H groups in total. The van der Waals surface area contributed by atoms with Gasteiger partial charge in [0.15, 0.2) is 4.34 Å². The van der Waals surface area contributed by atoms with E-state index in [1.807, 2.05) is 19.2 Å². The minimum absolute atomic E-state index is 0.0546. The molecule has 0 bridgehead atoms. The van der Waals surface area contributed by atoms with Crippen LogP contribution >= 0.6 is 23.1 Å². The van der Waals surface area contributed by atoms with Crippen LogP contribution < -0.4 is 5.32 Å².